The van der Waals surface area contributed by atoms with Crippen molar-refractivity contribution >= 4 is 17.7 Å². The second-order valence-electron chi connectivity index (χ2n) is 6.83. The molecule has 1 atom stereocenters. The number of carboxylic acids is 1. The zero-order valence-electron chi connectivity index (χ0n) is 16.6. The lowest BCUT2D eigenvalue weighted by atomic mass is 9.89. The Hall–Kier alpha value is -3.46. The fraction of sp³-hybridized carbons (Fsp3) is 0.318. The molecule has 0 spiro atoms. The summed E-state index contributed by atoms with van der Waals surface area (Å²) in [5.74, 6) is -1.58. The number of rotatable bonds is 10. The number of carbonyl (C=O) groups is 3. The zero-order chi connectivity index (χ0) is 22.2. The Labute approximate surface area is 177 Å². The van der Waals surface area contributed by atoms with Gasteiger partial charge in [-0.05, 0) is 29.8 Å². The predicted molar refractivity (Wildman–Crippen MR) is 107 cm³/mol. The lowest BCUT2D eigenvalue weighted by molar-refractivity contribution is -0.138. The van der Waals surface area contributed by atoms with Gasteiger partial charge >= 0.3 is 5.97 Å². The van der Waals surface area contributed by atoms with Gasteiger partial charge in [-0.3, -0.25) is 14.4 Å². The molecule has 2 aromatic carbocycles. The van der Waals surface area contributed by atoms with Crippen LogP contribution in [0.5, 0.6) is 11.5 Å². The highest BCUT2D eigenvalue weighted by molar-refractivity contribution is 6.04. The van der Waals surface area contributed by atoms with Crippen molar-refractivity contribution in [1.82, 2.24) is 5.32 Å². The molecule has 164 valence electrons. The van der Waals surface area contributed by atoms with Gasteiger partial charge in [-0.25, -0.2) is 4.39 Å². The minimum atomic E-state index is -0.945. The van der Waals surface area contributed by atoms with Crippen molar-refractivity contribution in [3.8, 4) is 11.5 Å². The van der Waals surface area contributed by atoms with Crippen molar-refractivity contribution in [2.24, 2.45) is 0 Å². The molecule has 0 bridgehead atoms. The standard InChI is InChI=1S/C22H22FNO7/c23-15-3-1-14(2-4-15)18-12-31-19-11-16(5-6-17(19)22(18)28)30-13-20(25)24-8-10-29-9-7-21(26)27/h1-6,11,18H,7-10,12-13H2,(H,24,25)(H,26,27). The third-order valence-electron chi connectivity index (χ3n) is 4.61. The summed E-state index contributed by atoms with van der Waals surface area (Å²) in [7, 11) is 0. The number of Topliss-reactive ketones (excluding diaryl/α,β-unsaturated/α-hetero) is 1. The van der Waals surface area contributed by atoms with Crippen LogP contribution in [0, 0.1) is 5.82 Å². The van der Waals surface area contributed by atoms with Crippen molar-refractivity contribution in [3.05, 3.63) is 59.4 Å². The average Bonchev–Trinajstić information content (AvgIpc) is 2.75. The molecule has 0 radical (unpaired) electrons. The Morgan fingerprint density at radius 1 is 1.16 bits per heavy atom. The molecule has 1 aliphatic rings. The quantitative estimate of drug-likeness (QED) is 0.555. The van der Waals surface area contributed by atoms with Gasteiger partial charge in [-0.1, -0.05) is 12.1 Å². The highest BCUT2D eigenvalue weighted by Crippen LogP contribution is 2.34. The van der Waals surface area contributed by atoms with E-state index in [1.54, 1.807) is 30.3 Å². The summed E-state index contributed by atoms with van der Waals surface area (Å²) < 4.78 is 29.3. The Morgan fingerprint density at radius 3 is 2.68 bits per heavy atom. The molecular weight excluding hydrogens is 409 g/mol. The first-order valence-corrected chi connectivity index (χ1v) is 9.69. The molecular formula is C22H22FNO7. The maximum Gasteiger partial charge on any atom is 0.305 e. The molecule has 3 rings (SSSR count). The molecule has 0 aliphatic carbocycles. The van der Waals surface area contributed by atoms with Gasteiger partial charge < -0.3 is 24.6 Å². The number of nitrogens with one attached hydrogen (secondary N) is 1. The van der Waals surface area contributed by atoms with Crippen LogP contribution in [0.2, 0.25) is 0 Å². The number of halogens is 1. The van der Waals surface area contributed by atoms with Crippen LogP contribution in [-0.4, -0.2) is 55.7 Å². The maximum atomic E-state index is 13.1. The topological polar surface area (TPSA) is 111 Å². The molecule has 1 unspecified atom stereocenters. The number of fused-ring (bicyclic) bond motifs is 1. The van der Waals surface area contributed by atoms with E-state index in [4.69, 9.17) is 19.3 Å². The second-order valence-corrected chi connectivity index (χ2v) is 6.83. The first-order valence-electron chi connectivity index (χ1n) is 9.69. The number of benzene rings is 2. The lowest BCUT2D eigenvalue weighted by Crippen LogP contribution is -2.32. The van der Waals surface area contributed by atoms with Crippen LogP contribution >= 0.6 is 0 Å². The van der Waals surface area contributed by atoms with Gasteiger partial charge in [0.2, 0.25) is 0 Å². The van der Waals surface area contributed by atoms with Crippen LogP contribution < -0.4 is 14.8 Å². The van der Waals surface area contributed by atoms with Crippen LogP contribution in [0.25, 0.3) is 0 Å². The van der Waals surface area contributed by atoms with Gasteiger partial charge in [0.05, 0.1) is 31.1 Å². The van der Waals surface area contributed by atoms with E-state index in [1.807, 2.05) is 0 Å². The second kappa shape index (κ2) is 10.5. The highest BCUT2D eigenvalue weighted by atomic mass is 19.1. The molecule has 0 fully saturated rings. The van der Waals surface area contributed by atoms with E-state index < -0.39 is 11.9 Å². The number of hydrogen-bond donors (Lipinski definition) is 2. The summed E-state index contributed by atoms with van der Waals surface area (Å²) in [5, 5.41) is 11.1. The summed E-state index contributed by atoms with van der Waals surface area (Å²) >= 11 is 0. The number of amides is 1. The number of ether oxygens (including phenoxy) is 3. The van der Waals surface area contributed by atoms with Crippen molar-refractivity contribution < 1.29 is 38.1 Å². The Bertz CT molecular complexity index is 945. The lowest BCUT2D eigenvalue weighted by Gasteiger charge is -2.24. The zero-order valence-corrected chi connectivity index (χ0v) is 16.6. The summed E-state index contributed by atoms with van der Waals surface area (Å²) in [5.41, 5.74) is 1.08. The summed E-state index contributed by atoms with van der Waals surface area (Å²) in [6, 6.07) is 10.5. The van der Waals surface area contributed by atoms with Gasteiger partial charge in [-0.15, -0.1) is 0 Å². The third-order valence-corrected chi connectivity index (χ3v) is 4.61. The van der Waals surface area contributed by atoms with Gasteiger partial charge in [-0.2, -0.15) is 0 Å². The highest BCUT2D eigenvalue weighted by Gasteiger charge is 2.30. The minimum Gasteiger partial charge on any atom is -0.492 e. The van der Waals surface area contributed by atoms with Gasteiger partial charge in [0.25, 0.3) is 5.91 Å². The molecule has 1 aliphatic heterocycles. The van der Waals surface area contributed by atoms with E-state index in [1.165, 1.54) is 12.1 Å². The fourth-order valence-corrected chi connectivity index (χ4v) is 3.02. The van der Waals surface area contributed by atoms with Crippen LogP contribution in [0.15, 0.2) is 42.5 Å². The monoisotopic (exact) mass is 431 g/mol. The summed E-state index contributed by atoms with van der Waals surface area (Å²) in [4.78, 5) is 35.0. The van der Waals surface area contributed by atoms with Gasteiger partial charge in [0.1, 0.15) is 23.9 Å². The summed E-state index contributed by atoms with van der Waals surface area (Å²) in [6.45, 7) is 0.401. The Kier molecular flexibility index (Phi) is 7.55. The molecule has 31 heavy (non-hydrogen) atoms. The third kappa shape index (κ3) is 6.26. The van der Waals surface area contributed by atoms with Crippen molar-refractivity contribution in [1.29, 1.82) is 0 Å². The number of aliphatic carboxylic acids is 1. The Morgan fingerprint density at radius 2 is 1.94 bits per heavy atom. The molecule has 1 amide bonds. The van der Waals surface area contributed by atoms with E-state index in [0.717, 1.165) is 0 Å². The molecule has 9 heteroatoms. The fourth-order valence-electron chi connectivity index (χ4n) is 3.02. The van der Waals surface area contributed by atoms with E-state index in [-0.39, 0.29) is 56.9 Å². The largest absolute Gasteiger partial charge is 0.492 e. The molecule has 0 aromatic heterocycles. The van der Waals surface area contributed by atoms with E-state index in [0.29, 0.717) is 22.6 Å². The van der Waals surface area contributed by atoms with Crippen LogP contribution in [0.4, 0.5) is 4.39 Å². The maximum absolute atomic E-state index is 13.1. The molecule has 8 nitrogen and oxygen atoms in total. The SMILES string of the molecule is O=C(O)CCOCCNC(=O)COc1ccc2c(c1)OCC(c1ccc(F)cc1)C2=O. The van der Waals surface area contributed by atoms with E-state index in [2.05, 4.69) is 5.32 Å². The van der Waals surface area contributed by atoms with E-state index in [9.17, 15) is 18.8 Å². The molecule has 2 N–H and O–H groups in total. The van der Waals surface area contributed by atoms with Gasteiger partial charge in [0, 0.05) is 12.6 Å². The van der Waals surface area contributed by atoms with Gasteiger partial charge in [0.15, 0.2) is 12.4 Å². The van der Waals surface area contributed by atoms with Crippen molar-refractivity contribution in [3.63, 3.8) is 0 Å². The molecule has 1 heterocycles. The number of carboxylic acid groups (broad SMARTS) is 1. The molecule has 0 saturated heterocycles. The first-order chi connectivity index (χ1) is 14.9. The van der Waals surface area contributed by atoms with E-state index >= 15 is 0 Å². The first kappa shape index (κ1) is 22.2. The van der Waals surface area contributed by atoms with Crippen LogP contribution in [-0.2, 0) is 14.3 Å². The number of carbonyl (C=O) groups excluding carboxylic acids is 2. The smallest absolute Gasteiger partial charge is 0.305 e. The minimum absolute atomic E-state index is 0.0809. The summed E-state index contributed by atoms with van der Waals surface area (Å²) in [6.07, 6.45) is -0.0927. The predicted octanol–water partition coefficient (Wildman–Crippen LogP) is 2.17. The van der Waals surface area contributed by atoms with Crippen molar-refractivity contribution in [2.75, 3.05) is 33.0 Å². The Balaban J connectivity index is 1.47. The number of ketones is 1. The number of hydrogen-bond acceptors (Lipinski definition) is 6. The average molecular weight is 431 g/mol. The normalized spacial score (nSPS) is 15.0. The molecule has 0 saturated carbocycles. The molecule has 2 aromatic rings. The van der Waals surface area contributed by atoms with Crippen molar-refractivity contribution in [2.45, 2.75) is 12.3 Å². The van der Waals surface area contributed by atoms with Crippen LogP contribution in [0.3, 0.4) is 0 Å². The van der Waals surface area contributed by atoms with Crippen LogP contribution in [0.1, 0.15) is 28.3 Å².